The summed E-state index contributed by atoms with van der Waals surface area (Å²) in [5.74, 6) is -0.923. The first-order valence-electron chi connectivity index (χ1n) is 7.91. The molecular weight excluding hydrogens is 398 g/mol. The number of fused-ring (bicyclic) bond motifs is 1. The van der Waals surface area contributed by atoms with Crippen LogP contribution >= 0.6 is 22.9 Å². The van der Waals surface area contributed by atoms with E-state index in [0.29, 0.717) is 33.4 Å². The molecule has 26 heavy (non-hydrogen) atoms. The summed E-state index contributed by atoms with van der Waals surface area (Å²) in [4.78, 5) is 24.5. The SMILES string of the molecule is CCS(=O)(=O)N1CCc2cc(C(=O)COC(=O)c3ccc(Cl)s3)ccc21. The molecule has 2 heterocycles. The third-order valence-electron chi connectivity index (χ3n) is 4.06. The molecular formula is C17H16ClNO5S2. The van der Waals surface area contributed by atoms with Crippen molar-refractivity contribution in [3.63, 3.8) is 0 Å². The normalized spacial score (nSPS) is 13.5. The monoisotopic (exact) mass is 413 g/mol. The van der Waals surface area contributed by atoms with E-state index in [1.54, 1.807) is 31.2 Å². The molecule has 0 N–H and O–H groups in total. The zero-order valence-electron chi connectivity index (χ0n) is 13.9. The van der Waals surface area contributed by atoms with Crippen LogP contribution in [0, 0.1) is 0 Å². The lowest BCUT2D eigenvalue weighted by Crippen LogP contribution is -2.30. The Kier molecular flexibility index (Phi) is 5.36. The van der Waals surface area contributed by atoms with E-state index in [4.69, 9.17) is 16.3 Å². The van der Waals surface area contributed by atoms with E-state index in [1.807, 2.05) is 0 Å². The van der Waals surface area contributed by atoms with Crippen LogP contribution in [0.2, 0.25) is 4.34 Å². The zero-order valence-corrected chi connectivity index (χ0v) is 16.3. The van der Waals surface area contributed by atoms with Crippen molar-refractivity contribution < 1.29 is 22.7 Å². The molecule has 2 aromatic rings. The first kappa shape index (κ1) is 18.9. The highest BCUT2D eigenvalue weighted by molar-refractivity contribution is 7.92. The van der Waals surface area contributed by atoms with Crippen molar-refractivity contribution >= 4 is 50.4 Å². The Morgan fingerprint density at radius 3 is 2.69 bits per heavy atom. The minimum absolute atomic E-state index is 0.0236. The maximum Gasteiger partial charge on any atom is 0.348 e. The fourth-order valence-corrected chi connectivity index (χ4v) is 4.80. The molecule has 0 radical (unpaired) electrons. The standard InChI is InChI=1S/C17H16ClNO5S2/c1-2-26(22,23)19-8-7-11-9-12(3-4-13(11)19)14(20)10-24-17(21)15-5-6-16(18)25-15/h3-6,9H,2,7-8,10H2,1H3. The highest BCUT2D eigenvalue weighted by Crippen LogP contribution is 2.31. The van der Waals surface area contributed by atoms with E-state index in [2.05, 4.69) is 0 Å². The summed E-state index contributed by atoms with van der Waals surface area (Å²) in [5, 5.41) is 0. The van der Waals surface area contributed by atoms with Gasteiger partial charge in [0.05, 0.1) is 15.8 Å². The smallest absolute Gasteiger partial charge is 0.348 e. The molecule has 138 valence electrons. The van der Waals surface area contributed by atoms with Crippen molar-refractivity contribution in [2.45, 2.75) is 13.3 Å². The van der Waals surface area contributed by atoms with Gasteiger partial charge in [0.25, 0.3) is 0 Å². The van der Waals surface area contributed by atoms with Gasteiger partial charge in [0.2, 0.25) is 10.0 Å². The van der Waals surface area contributed by atoms with Crippen LogP contribution in [0.1, 0.15) is 32.5 Å². The third kappa shape index (κ3) is 3.77. The number of ketones is 1. The van der Waals surface area contributed by atoms with Crippen LogP contribution in [-0.2, 0) is 21.2 Å². The molecule has 0 unspecified atom stereocenters. The molecule has 3 rings (SSSR count). The minimum Gasteiger partial charge on any atom is -0.453 e. The average Bonchev–Trinajstić information content (AvgIpc) is 3.25. The van der Waals surface area contributed by atoms with Gasteiger partial charge in [-0.15, -0.1) is 11.3 Å². The maximum absolute atomic E-state index is 12.3. The first-order chi connectivity index (χ1) is 12.3. The lowest BCUT2D eigenvalue weighted by Gasteiger charge is -2.18. The fraction of sp³-hybridized carbons (Fsp3) is 0.294. The van der Waals surface area contributed by atoms with Crippen molar-refractivity contribution in [2.75, 3.05) is 23.2 Å². The number of carbonyl (C=O) groups excluding carboxylic acids is 2. The molecule has 0 fully saturated rings. The number of Topliss-reactive ketones (excluding diaryl/α,β-unsaturated/α-hetero) is 1. The number of rotatable bonds is 6. The van der Waals surface area contributed by atoms with Gasteiger partial charge in [-0.3, -0.25) is 9.10 Å². The number of ether oxygens (including phenoxy) is 1. The Labute approximate surface area is 160 Å². The number of thiophene rings is 1. The van der Waals surface area contributed by atoms with Gasteiger partial charge in [0.1, 0.15) is 4.88 Å². The van der Waals surface area contributed by atoms with Gasteiger partial charge < -0.3 is 4.74 Å². The molecule has 0 saturated carbocycles. The highest BCUT2D eigenvalue weighted by atomic mass is 35.5. The van der Waals surface area contributed by atoms with E-state index >= 15 is 0 Å². The molecule has 6 nitrogen and oxygen atoms in total. The lowest BCUT2D eigenvalue weighted by molar-refractivity contribution is 0.0479. The molecule has 0 amide bonds. The Bertz CT molecular complexity index is 967. The summed E-state index contributed by atoms with van der Waals surface area (Å²) >= 11 is 6.85. The van der Waals surface area contributed by atoms with E-state index < -0.39 is 16.0 Å². The number of esters is 1. The van der Waals surface area contributed by atoms with Crippen LogP contribution in [0.3, 0.4) is 0 Å². The molecule has 0 aliphatic carbocycles. The Morgan fingerprint density at radius 1 is 1.27 bits per heavy atom. The van der Waals surface area contributed by atoms with Crippen LogP contribution in [-0.4, -0.2) is 39.1 Å². The summed E-state index contributed by atoms with van der Waals surface area (Å²) < 4.78 is 31.0. The summed E-state index contributed by atoms with van der Waals surface area (Å²) in [7, 11) is -3.33. The van der Waals surface area contributed by atoms with E-state index in [1.165, 1.54) is 10.4 Å². The first-order valence-corrected chi connectivity index (χ1v) is 10.7. The summed E-state index contributed by atoms with van der Waals surface area (Å²) in [6.07, 6.45) is 0.545. The molecule has 0 spiro atoms. The number of carbonyl (C=O) groups is 2. The number of halogens is 1. The highest BCUT2D eigenvalue weighted by Gasteiger charge is 2.28. The molecule has 0 bridgehead atoms. The summed E-state index contributed by atoms with van der Waals surface area (Å²) in [6.45, 7) is 1.59. The Balaban J connectivity index is 1.69. The van der Waals surface area contributed by atoms with Crippen LogP contribution in [0.15, 0.2) is 30.3 Å². The number of anilines is 1. The van der Waals surface area contributed by atoms with Crippen LogP contribution in [0.5, 0.6) is 0 Å². The van der Waals surface area contributed by atoms with Crippen molar-refractivity contribution in [3.8, 4) is 0 Å². The van der Waals surface area contributed by atoms with E-state index in [0.717, 1.165) is 16.9 Å². The molecule has 0 atom stereocenters. The molecule has 1 aliphatic heterocycles. The van der Waals surface area contributed by atoms with Gasteiger partial charge in [-0.2, -0.15) is 0 Å². The molecule has 0 saturated heterocycles. The van der Waals surface area contributed by atoms with Crippen LogP contribution < -0.4 is 4.31 Å². The number of hydrogen-bond acceptors (Lipinski definition) is 6. The second-order valence-electron chi connectivity index (χ2n) is 5.67. The summed E-state index contributed by atoms with van der Waals surface area (Å²) in [6, 6.07) is 7.97. The van der Waals surface area contributed by atoms with Gasteiger partial charge in [0, 0.05) is 12.1 Å². The van der Waals surface area contributed by atoms with Gasteiger partial charge >= 0.3 is 5.97 Å². The number of nitrogens with zero attached hydrogens (tertiary/aromatic N) is 1. The van der Waals surface area contributed by atoms with Gasteiger partial charge in [0.15, 0.2) is 12.4 Å². The van der Waals surface area contributed by atoms with Crippen molar-refractivity contribution in [1.82, 2.24) is 0 Å². The summed E-state index contributed by atoms with van der Waals surface area (Å²) in [5.41, 5.74) is 1.79. The van der Waals surface area contributed by atoms with Gasteiger partial charge in [-0.05, 0) is 49.2 Å². The molecule has 1 aromatic heterocycles. The largest absolute Gasteiger partial charge is 0.453 e. The van der Waals surface area contributed by atoms with Crippen LogP contribution in [0.4, 0.5) is 5.69 Å². The average molecular weight is 414 g/mol. The van der Waals surface area contributed by atoms with Crippen LogP contribution in [0.25, 0.3) is 0 Å². The second-order valence-corrected chi connectivity index (χ2v) is 9.57. The quantitative estimate of drug-likeness (QED) is 0.536. The Morgan fingerprint density at radius 2 is 2.04 bits per heavy atom. The predicted molar refractivity (Wildman–Crippen MR) is 101 cm³/mol. The topological polar surface area (TPSA) is 80.8 Å². The second kappa shape index (κ2) is 7.38. The van der Waals surface area contributed by atoms with E-state index in [9.17, 15) is 18.0 Å². The van der Waals surface area contributed by atoms with Gasteiger partial charge in [-0.25, -0.2) is 13.2 Å². The zero-order chi connectivity index (χ0) is 18.9. The molecule has 1 aromatic carbocycles. The Hall–Kier alpha value is -1.90. The van der Waals surface area contributed by atoms with Gasteiger partial charge in [-0.1, -0.05) is 11.6 Å². The fourth-order valence-electron chi connectivity index (χ4n) is 2.70. The number of hydrogen-bond donors (Lipinski definition) is 0. The van der Waals surface area contributed by atoms with Crippen molar-refractivity contribution in [3.05, 3.63) is 50.7 Å². The molecule has 9 heteroatoms. The number of benzene rings is 1. The predicted octanol–water partition coefficient (Wildman–Crippen LogP) is 3.15. The molecule has 1 aliphatic rings. The third-order valence-corrected chi connectivity index (χ3v) is 7.06. The lowest BCUT2D eigenvalue weighted by atomic mass is 10.1. The van der Waals surface area contributed by atoms with Crippen molar-refractivity contribution in [2.24, 2.45) is 0 Å². The maximum atomic E-state index is 12.3. The minimum atomic E-state index is -3.33. The number of sulfonamides is 1. The van der Waals surface area contributed by atoms with Crippen molar-refractivity contribution in [1.29, 1.82) is 0 Å². The van der Waals surface area contributed by atoms with E-state index in [-0.39, 0.29) is 18.1 Å².